The number of rotatable bonds is 4. The molecule has 3 aromatic carbocycles. The van der Waals surface area contributed by atoms with Crippen molar-refractivity contribution in [3.8, 4) is 5.75 Å². The maximum absolute atomic E-state index is 12.4. The highest BCUT2D eigenvalue weighted by molar-refractivity contribution is 7.89. The van der Waals surface area contributed by atoms with E-state index in [0.29, 0.717) is 0 Å². The highest BCUT2D eigenvalue weighted by Gasteiger charge is 2.19. The Morgan fingerprint density at radius 2 is 1.48 bits per heavy atom. The third kappa shape index (κ3) is 4.20. The SMILES string of the molecule is CN(C)S(=O)(=O)c1cccc(C(=O)NNC(=O)c2cc3ccccc3cc2O)c1. The van der Waals surface area contributed by atoms with Crippen LogP contribution in [0.15, 0.2) is 65.6 Å². The van der Waals surface area contributed by atoms with Gasteiger partial charge in [0.2, 0.25) is 10.0 Å². The summed E-state index contributed by atoms with van der Waals surface area (Å²) in [5.41, 5.74) is 4.49. The van der Waals surface area contributed by atoms with Crippen molar-refractivity contribution in [3.05, 3.63) is 71.8 Å². The van der Waals surface area contributed by atoms with Crippen molar-refractivity contribution < 1.29 is 23.1 Å². The molecule has 0 aliphatic heterocycles. The van der Waals surface area contributed by atoms with Crippen LogP contribution in [0.3, 0.4) is 0 Å². The second-order valence-electron chi connectivity index (χ2n) is 6.44. The summed E-state index contributed by atoms with van der Waals surface area (Å²) in [6.45, 7) is 0. The molecule has 0 aliphatic carbocycles. The molecule has 0 saturated heterocycles. The standard InChI is InChI=1S/C20H19N3O5S/c1-23(2)29(27,28)16-9-5-8-15(10-16)19(25)21-22-20(26)17-11-13-6-3-4-7-14(13)12-18(17)24/h3-12,24H,1-2H3,(H,21,25)(H,22,26). The fraction of sp³-hybridized carbons (Fsp3) is 0.100. The van der Waals surface area contributed by atoms with Crippen LogP contribution < -0.4 is 10.9 Å². The maximum Gasteiger partial charge on any atom is 0.273 e. The third-order valence-corrected chi connectivity index (χ3v) is 6.08. The van der Waals surface area contributed by atoms with Crippen molar-refractivity contribution in [2.45, 2.75) is 4.90 Å². The molecule has 0 aromatic heterocycles. The predicted octanol–water partition coefficient (Wildman–Crippen LogP) is 1.87. The van der Waals surface area contributed by atoms with E-state index in [2.05, 4.69) is 10.9 Å². The van der Waals surface area contributed by atoms with E-state index >= 15 is 0 Å². The fourth-order valence-corrected chi connectivity index (χ4v) is 3.62. The quantitative estimate of drug-likeness (QED) is 0.565. The molecule has 150 valence electrons. The second-order valence-corrected chi connectivity index (χ2v) is 8.59. The summed E-state index contributed by atoms with van der Waals surface area (Å²) in [5, 5.41) is 11.6. The Kier molecular flexibility index (Phi) is 5.53. The van der Waals surface area contributed by atoms with Gasteiger partial charge in [-0.05, 0) is 41.1 Å². The minimum atomic E-state index is -3.70. The van der Waals surface area contributed by atoms with Gasteiger partial charge < -0.3 is 5.11 Å². The number of nitrogens with zero attached hydrogens (tertiary/aromatic N) is 1. The van der Waals surface area contributed by atoms with Crippen molar-refractivity contribution in [2.24, 2.45) is 0 Å². The van der Waals surface area contributed by atoms with E-state index in [4.69, 9.17) is 0 Å². The van der Waals surface area contributed by atoms with Crippen LogP contribution in [-0.2, 0) is 10.0 Å². The molecule has 0 bridgehead atoms. The molecule has 0 fully saturated rings. The number of carbonyl (C=O) groups excluding carboxylic acids is 2. The van der Waals surface area contributed by atoms with Gasteiger partial charge in [0.15, 0.2) is 0 Å². The molecular weight excluding hydrogens is 394 g/mol. The fourth-order valence-electron chi connectivity index (χ4n) is 2.67. The first-order valence-corrected chi connectivity index (χ1v) is 9.99. The number of fused-ring (bicyclic) bond motifs is 1. The number of hydrogen-bond donors (Lipinski definition) is 3. The highest BCUT2D eigenvalue weighted by Crippen LogP contribution is 2.24. The topological polar surface area (TPSA) is 116 Å². The smallest absolute Gasteiger partial charge is 0.273 e. The molecule has 3 N–H and O–H groups in total. The predicted molar refractivity (Wildman–Crippen MR) is 108 cm³/mol. The highest BCUT2D eigenvalue weighted by atomic mass is 32.2. The molecule has 0 heterocycles. The van der Waals surface area contributed by atoms with Gasteiger partial charge in [0.05, 0.1) is 10.5 Å². The van der Waals surface area contributed by atoms with Gasteiger partial charge in [-0.25, -0.2) is 12.7 Å². The average Bonchev–Trinajstić information content (AvgIpc) is 2.71. The van der Waals surface area contributed by atoms with Gasteiger partial charge in [-0.2, -0.15) is 0 Å². The zero-order chi connectivity index (χ0) is 21.2. The Balaban J connectivity index is 1.76. The van der Waals surface area contributed by atoms with Crippen molar-refractivity contribution in [3.63, 3.8) is 0 Å². The third-order valence-electron chi connectivity index (χ3n) is 4.27. The van der Waals surface area contributed by atoms with Crippen LogP contribution in [0.5, 0.6) is 5.75 Å². The van der Waals surface area contributed by atoms with Crippen molar-refractivity contribution in [2.75, 3.05) is 14.1 Å². The zero-order valence-corrected chi connectivity index (χ0v) is 16.5. The van der Waals surface area contributed by atoms with Crippen molar-refractivity contribution in [1.82, 2.24) is 15.2 Å². The molecule has 0 aliphatic rings. The lowest BCUT2D eigenvalue weighted by molar-refractivity contribution is 0.0845. The van der Waals surface area contributed by atoms with Gasteiger partial charge in [0.25, 0.3) is 11.8 Å². The number of phenolic OH excluding ortho intramolecular Hbond substituents is 1. The Hall–Kier alpha value is -3.43. The summed E-state index contributed by atoms with van der Waals surface area (Å²) >= 11 is 0. The summed E-state index contributed by atoms with van der Waals surface area (Å²) < 4.78 is 25.4. The summed E-state index contributed by atoms with van der Waals surface area (Å²) in [4.78, 5) is 24.7. The molecule has 9 heteroatoms. The lowest BCUT2D eigenvalue weighted by Crippen LogP contribution is -2.41. The summed E-state index contributed by atoms with van der Waals surface area (Å²) in [6.07, 6.45) is 0. The summed E-state index contributed by atoms with van der Waals surface area (Å²) in [7, 11) is -0.926. The van der Waals surface area contributed by atoms with E-state index in [1.165, 1.54) is 50.5 Å². The van der Waals surface area contributed by atoms with Crippen LogP contribution in [0.1, 0.15) is 20.7 Å². The lowest BCUT2D eigenvalue weighted by Gasteiger charge is -2.13. The first-order valence-electron chi connectivity index (χ1n) is 8.55. The van der Waals surface area contributed by atoms with Gasteiger partial charge in [0.1, 0.15) is 5.75 Å². The summed E-state index contributed by atoms with van der Waals surface area (Å²) in [5.74, 6) is -1.64. The van der Waals surface area contributed by atoms with Crippen LogP contribution in [0, 0.1) is 0 Å². The minimum Gasteiger partial charge on any atom is -0.507 e. The first kappa shape index (κ1) is 20.3. The molecule has 29 heavy (non-hydrogen) atoms. The number of nitrogens with one attached hydrogen (secondary N) is 2. The average molecular weight is 413 g/mol. The largest absolute Gasteiger partial charge is 0.507 e. The van der Waals surface area contributed by atoms with Gasteiger partial charge in [0, 0.05) is 19.7 Å². The normalized spacial score (nSPS) is 11.4. The Morgan fingerprint density at radius 1 is 0.862 bits per heavy atom. The van der Waals surface area contributed by atoms with Crippen molar-refractivity contribution in [1.29, 1.82) is 0 Å². The van der Waals surface area contributed by atoms with Gasteiger partial charge in [-0.1, -0.05) is 30.3 Å². The van der Waals surface area contributed by atoms with Gasteiger partial charge in [-0.15, -0.1) is 0 Å². The molecular formula is C20H19N3O5S. The first-order chi connectivity index (χ1) is 13.7. The van der Waals surface area contributed by atoms with Crippen LogP contribution in [0.25, 0.3) is 10.8 Å². The van der Waals surface area contributed by atoms with E-state index in [0.717, 1.165) is 15.1 Å². The second kappa shape index (κ2) is 7.90. The number of hydrogen-bond acceptors (Lipinski definition) is 5. The van der Waals surface area contributed by atoms with E-state index in [9.17, 15) is 23.1 Å². The molecule has 0 saturated carbocycles. The van der Waals surface area contributed by atoms with Crippen molar-refractivity contribution >= 4 is 32.6 Å². The number of benzene rings is 3. The number of carbonyl (C=O) groups is 2. The number of hydrazine groups is 1. The Labute approximate surface area is 167 Å². The van der Waals surface area contributed by atoms with Gasteiger partial charge >= 0.3 is 0 Å². The summed E-state index contributed by atoms with van der Waals surface area (Å²) in [6, 6.07) is 15.6. The van der Waals surface area contributed by atoms with E-state index in [1.54, 1.807) is 18.2 Å². The van der Waals surface area contributed by atoms with Crippen LogP contribution >= 0.6 is 0 Å². The number of phenols is 1. The number of amides is 2. The van der Waals surface area contributed by atoms with E-state index in [1.807, 2.05) is 6.07 Å². The zero-order valence-electron chi connectivity index (χ0n) is 15.7. The Bertz CT molecular complexity index is 1210. The minimum absolute atomic E-state index is 0.00654. The molecule has 2 amide bonds. The van der Waals surface area contributed by atoms with E-state index in [-0.39, 0.29) is 21.8 Å². The van der Waals surface area contributed by atoms with Crippen LogP contribution in [0.2, 0.25) is 0 Å². The monoisotopic (exact) mass is 413 g/mol. The van der Waals surface area contributed by atoms with E-state index < -0.39 is 21.8 Å². The molecule has 0 unspecified atom stereocenters. The maximum atomic E-state index is 12.4. The molecule has 0 atom stereocenters. The molecule has 3 aromatic rings. The lowest BCUT2D eigenvalue weighted by atomic mass is 10.1. The van der Waals surface area contributed by atoms with Gasteiger partial charge in [-0.3, -0.25) is 20.4 Å². The molecule has 0 radical (unpaired) electrons. The molecule has 3 rings (SSSR count). The number of sulfonamides is 1. The number of aromatic hydroxyl groups is 1. The van der Waals surface area contributed by atoms with Crippen LogP contribution in [-0.4, -0.2) is 43.7 Å². The molecule has 8 nitrogen and oxygen atoms in total. The Morgan fingerprint density at radius 3 is 2.14 bits per heavy atom. The molecule has 0 spiro atoms. The van der Waals surface area contributed by atoms with Crippen LogP contribution in [0.4, 0.5) is 0 Å².